The molecule has 4 heteroatoms. The quantitative estimate of drug-likeness (QED) is 0.860. The van der Waals surface area contributed by atoms with E-state index in [1.54, 1.807) is 11.3 Å². The van der Waals surface area contributed by atoms with Crippen molar-refractivity contribution < 1.29 is 0 Å². The van der Waals surface area contributed by atoms with Crippen LogP contribution in [0, 0.1) is 0 Å². The molecular weight excluding hydrogens is 206 g/mol. The maximum Gasteiger partial charge on any atom is 0.203 e. The Kier molecular flexibility index (Phi) is 3.06. The molecule has 0 unspecified atom stereocenters. The van der Waals surface area contributed by atoms with Crippen LogP contribution in [0.4, 0.5) is 5.95 Å². The molecule has 0 bridgehead atoms. The molecule has 0 atom stereocenters. The number of thiophene rings is 1. The second-order valence-corrected chi connectivity index (χ2v) is 4.59. The summed E-state index contributed by atoms with van der Waals surface area (Å²) in [6, 6.07) is 2.55. The summed E-state index contributed by atoms with van der Waals surface area (Å²) in [6.45, 7) is 5.12. The molecule has 3 nitrogen and oxygen atoms in total. The van der Waals surface area contributed by atoms with Crippen molar-refractivity contribution in [2.45, 2.75) is 26.4 Å². The smallest absolute Gasteiger partial charge is 0.203 e. The minimum atomic E-state index is 0.411. The Morgan fingerprint density at radius 1 is 1.53 bits per heavy atom. The van der Waals surface area contributed by atoms with Crippen molar-refractivity contribution in [2.24, 2.45) is 0 Å². The summed E-state index contributed by atoms with van der Waals surface area (Å²) in [7, 11) is 0. The number of imidazole rings is 1. The molecule has 15 heavy (non-hydrogen) atoms. The first-order chi connectivity index (χ1) is 7.25. The predicted octanol–water partition coefficient (Wildman–Crippen LogP) is 2.81. The number of anilines is 1. The zero-order valence-electron chi connectivity index (χ0n) is 8.97. The molecule has 1 N–H and O–H groups in total. The van der Waals surface area contributed by atoms with E-state index in [4.69, 9.17) is 0 Å². The van der Waals surface area contributed by atoms with E-state index >= 15 is 0 Å². The van der Waals surface area contributed by atoms with Gasteiger partial charge in [0.25, 0.3) is 0 Å². The van der Waals surface area contributed by atoms with Crippen LogP contribution in [0.25, 0.3) is 0 Å². The highest BCUT2D eigenvalue weighted by Gasteiger charge is 2.04. The second kappa shape index (κ2) is 4.49. The molecule has 0 fully saturated rings. The summed E-state index contributed by atoms with van der Waals surface area (Å²) in [5.74, 6) is 0.941. The molecule has 0 spiro atoms. The lowest BCUT2D eigenvalue weighted by Crippen LogP contribution is -2.14. The molecule has 0 aliphatic carbocycles. The van der Waals surface area contributed by atoms with Crippen LogP contribution in [0.15, 0.2) is 29.2 Å². The van der Waals surface area contributed by atoms with E-state index < -0.39 is 0 Å². The minimum Gasteiger partial charge on any atom is -0.353 e. The van der Waals surface area contributed by atoms with Crippen molar-refractivity contribution in [3.05, 3.63) is 34.8 Å². The number of hydrogen-bond acceptors (Lipinski definition) is 3. The van der Waals surface area contributed by atoms with Gasteiger partial charge in [-0.25, -0.2) is 4.98 Å². The molecule has 0 aliphatic rings. The van der Waals surface area contributed by atoms with Gasteiger partial charge in [0, 0.05) is 18.4 Å². The highest BCUT2D eigenvalue weighted by atomic mass is 32.1. The lowest BCUT2D eigenvalue weighted by atomic mass is 10.3. The van der Waals surface area contributed by atoms with Crippen LogP contribution in [0.2, 0.25) is 0 Å². The third-order valence-electron chi connectivity index (χ3n) is 2.07. The molecule has 0 amide bonds. The standard InChI is InChI=1S/C11H15N3S/c1-9(2)13-11-12-4-5-14(11)7-10-3-6-15-8-10/h3-6,8-9H,7H2,1-2H3,(H,12,13). The van der Waals surface area contributed by atoms with Crippen molar-refractivity contribution in [1.29, 1.82) is 0 Å². The molecule has 0 aliphatic heterocycles. The highest BCUT2D eigenvalue weighted by molar-refractivity contribution is 7.07. The van der Waals surface area contributed by atoms with Gasteiger partial charge in [0.1, 0.15) is 0 Å². The second-order valence-electron chi connectivity index (χ2n) is 3.81. The average molecular weight is 221 g/mol. The third-order valence-corrected chi connectivity index (χ3v) is 2.80. The Morgan fingerprint density at radius 3 is 3.07 bits per heavy atom. The topological polar surface area (TPSA) is 29.9 Å². The first kappa shape index (κ1) is 10.2. The van der Waals surface area contributed by atoms with E-state index in [9.17, 15) is 0 Å². The highest BCUT2D eigenvalue weighted by Crippen LogP contribution is 2.12. The first-order valence-corrected chi connectivity index (χ1v) is 5.98. The summed E-state index contributed by atoms with van der Waals surface area (Å²) >= 11 is 1.73. The van der Waals surface area contributed by atoms with E-state index in [1.165, 1.54) is 5.56 Å². The SMILES string of the molecule is CC(C)Nc1nccn1Cc1ccsc1. The van der Waals surface area contributed by atoms with Gasteiger partial charge in [0.2, 0.25) is 5.95 Å². The Balaban J connectivity index is 2.11. The lowest BCUT2D eigenvalue weighted by Gasteiger charge is -2.11. The van der Waals surface area contributed by atoms with Crippen molar-refractivity contribution >= 4 is 17.3 Å². The molecule has 2 heterocycles. The van der Waals surface area contributed by atoms with Crippen LogP contribution in [-0.4, -0.2) is 15.6 Å². The zero-order valence-corrected chi connectivity index (χ0v) is 9.79. The van der Waals surface area contributed by atoms with Gasteiger partial charge in [-0.2, -0.15) is 11.3 Å². The van der Waals surface area contributed by atoms with Crippen LogP contribution >= 0.6 is 11.3 Å². The lowest BCUT2D eigenvalue weighted by molar-refractivity contribution is 0.776. The monoisotopic (exact) mass is 221 g/mol. The molecule has 2 aromatic rings. The van der Waals surface area contributed by atoms with E-state index in [2.05, 4.69) is 45.5 Å². The van der Waals surface area contributed by atoms with Gasteiger partial charge in [-0.1, -0.05) is 0 Å². The molecule has 2 aromatic heterocycles. The maximum absolute atomic E-state index is 4.29. The van der Waals surface area contributed by atoms with Crippen LogP contribution < -0.4 is 5.32 Å². The summed E-state index contributed by atoms with van der Waals surface area (Å²) in [4.78, 5) is 4.29. The predicted molar refractivity (Wildman–Crippen MR) is 64.4 cm³/mol. The zero-order chi connectivity index (χ0) is 10.7. The first-order valence-electron chi connectivity index (χ1n) is 5.04. The van der Waals surface area contributed by atoms with Crippen molar-refractivity contribution in [2.75, 3.05) is 5.32 Å². The van der Waals surface area contributed by atoms with Crippen LogP contribution in [-0.2, 0) is 6.54 Å². The van der Waals surface area contributed by atoms with Crippen molar-refractivity contribution in [3.8, 4) is 0 Å². The van der Waals surface area contributed by atoms with Gasteiger partial charge in [0.15, 0.2) is 0 Å². The number of nitrogens with one attached hydrogen (secondary N) is 1. The van der Waals surface area contributed by atoms with Gasteiger partial charge >= 0.3 is 0 Å². The summed E-state index contributed by atoms with van der Waals surface area (Å²) in [5, 5.41) is 7.59. The van der Waals surface area contributed by atoms with Crippen molar-refractivity contribution in [3.63, 3.8) is 0 Å². The fraction of sp³-hybridized carbons (Fsp3) is 0.364. The Labute approximate surface area is 93.8 Å². The van der Waals surface area contributed by atoms with Crippen LogP contribution in [0.1, 0.15) is 19.4 Å². The van der Waals surface area contributed by atoms with Gasteiger partial charge in [-0.3, -0.25) is 0 Å². The fourth-order valence-corrected chi connectivity index (χ4v) is 2.07. The largest absolute Gasteiger partial charge is 0.353 e. The van der Waals surface area contributed by atoms with E-state index in [-0.39, 0.29) is 0 Å². The molecule has 0 saturated carbocycles. The van der Waals surface area contributed by atoms with Crippen LogP contribution in [0.5, 0.6) is 0 Å². The number of aromatic nitrogens is 2. The average Bonchev–Trinajstić information content (AvgIpc) is 2.78. The van der Waals surface area contributed by atoms with E-state index in [1.807, 2.05) is 12.4 Å². The number of rotatable bonds is 4. The summed E-state index contributed by atoms with van der Waals surface area (Å²) in [6.07, 6.45) is 3.83. The fourth-order valence-electron chi connectivity index (χ4n) is 1.41. The van der Waals surface area contributed by atoms with E-state index in [0.29, 0.717) is 6.04 Å². The van der Waals surface area contributed by atoms with Crippen molar-refractivity contribution in [1.82, 2.24) is 9.55 Å². The molecular formula is C11H15N3S. The van der Waals surface area contributed by atoms with Gasteiger partial charge in [-0.05, 0) is 36.2 Å². The molecule has 0 aromatic carbocycles. The van der Waals surface area contributed by atoms with Crippen LogP contribution in [0.3, 0.4) is 0 Å². The molecule has 80 valence electrons. The molecule has 2 rings (SSSR count). The normalized spacial score (nSPS) is 10.9. The molecule has 0 radical (unpaired) electrons. The van der Waals surface area contributed by atoms with E-state index in [0.717, 1.165) is 12.5 Å². The Morgan fingerprint density at radius 2 is 2.40 bits per heavy atom. The van der Waals surface area contributed by atoms with Gasteiger partial charge in [0.05, 0.1) is 6.54 Å². The summed E-state index contributed by atoms with van der Waals surface area (Å²) < 4.78 is 2.13. The maximum atomic E-state index is 4.29. The number of hydrogen-bond donors (Lipinski definition) is 1. The minimum absolute atomic E-state index is 0.411. The Bertz CT molecular complexity index is 403. The molecule has 0 saturated heterocycles. The third kappa shape index (κ3) is 2.59. The number of nitrogens with zero attached hydrogens (tertiary/aromatic N) is 2. The summed E-state index contributed by atoms with van der Waals surface area (Å²) in [5.41, 5.74) is 1.32. The van der Waals surface area contributed by atoms with Gasteiger partial charge in [-0.15, -0.1) is 0 Å². The Hall–Kier alpha value is -1.29. The van der Waals surface area contributed by atoms with Gasteiger partial charge < -0.3 is 9.88 Å².